The summed E-state index contributed by atoms with van der Waals surface area (Å²) in [6.07, 6.45) is 2.68. The van der Waals surface area contributed by atoms with Gasteiger partial charge in [0.2, 0.25) is 5.91 Å². The number of rotatable bonds is 7. The maximum absolute atomic E-state index is 13.2. The van der Waals surface area contributed by atoms with Crippen LogP contribution in [0.5, 0.6) is 0 Å². The van der Waals surface area contributed by atoms with E-state index in [4.69, 9.17) is 0 Å². The Labute approximate surface area is 190 Å². The molecule has 1 aliphatic rings. The molecule has 164 valence electrons. The molecule has 9 heteroatoms. The van der Waals surface area contributed by atoms with Crippen molar-refractivity contribution in [2.45, 2.75) is 17.4 Å². The third kappa shape index (κ3) is 3.51. The number of aromatic amines is 1. The normalized spacial score (nSPS) is 15.3. The average Bonchev–Trinajstić information content (AvgIpc) is 3.31. The molecule has 32 heavy (non-hydrogen) atoms. The lowest BCUT2D eigenvalue weighted by molar-refractivity contribution is -0.120. The van der Waals surface area contributed by atoms with E-state index in [0.29, 0.717) is 23.3 Å². The lowest BCUT2D eigenvalue weighted by Crippen LogP contribution is -2.40. The molecule has 0 radical (unpaired) electrons. The number of para-hydroxylation sites is 2. The van der Waals surface area contributed by atoms with Crippen LogP contribution < -0.4 is 9.62 Å². The van der Waals surface area contributed by atoms with Gasteiger partial charge in [0.25, 0.3) is 10.0 Å². The minimum Gasteiger partial charge on any atom is -0.345 e. The van der Waals surface area contributed by atoms with E-state index in [1.54, 1.807) is 30.0 Å². The minimum absolute atomic E-state index is 0.245. The smallest absolute Gasteiger partial charge is 0.265 e. The topological polar surface area (TPSA) is 95.2 Å². The molecular formula is C23H22N4O3S2. The van der Waals surface area contributed by atoms with E-state index in [2.05, 4.69) is 15.3 Å². The Balaban J connectivity index is 1.42. The van der Waals surface area contributed by atoms with Gasteiger partial charge in [-0.2, -0.15) is 11.8 Å². The van der Waals surface area contributed by atoms with Crippen molar-refractivity contribution in [1.29, 1.82) is 0 Å². The number of carbonyl (C=O) groups excluding carboxylic acids is 1. The van der Waals surface area contributed by atoms with Crippen LogP contribution in [0.1, 0.15) is 18.3 Å². The number of imidazole rings is 1. The standard InChI is InChI=1S/C23H22N4O3S2/c1-31-13-12-18(23-25-16-8-2-3-9-17(16)26-23)24-21(28)14-27-19-10-4-6-15-7-5-11-20(22(15)19)32(27,29)30/h2-11,18H,12-14H2,1H3,(H,24,28)(H,25,26). The zero-order chi connectivity index (χ0) is 22.3. The highest BCUT2D eigenvalue weighted by Gasteiger charge is 2.37. The molecule has 0 saturated heterocycles. The van der Waals surface area contributed by atoms with Crippen molar-refractivity contribution in [3.8, 4) is 0 Å². The van der Waals surface area contributed by atoms with Gasteiger partial charge in [-0.05, 0) is 48.1 Å². The molecule has 5 rings (SSSR count). The van der Waals surface area contributed by atoms with Gasteiger partial charge in [-0.15, -0.1) is 0 Å². The van der Waals surface area contributed by atoms with Crippen molar-refractivity contribution < 1.29 is 13.2 Å². The van der Waals surface area contributed by atoms with Crippen LogP contribution in [0, 0.1) is 0 Å². The Hall–Kier alpha value is -3.04. The number of nitrogens with one attached hydrogen (secondary N) is 2. The number of carbonyl (C=O) groups is 1. The van der Waals surface area contributed by atoms with E-state index in [9.17, 15) is 13.2 Å². The van der Waals surface area contributed by atoms with Gasteiger partial charge in [0.15, 0.2) is 0 Å². The maximum atomic E-state index is 13.2. The Morgan fingerprint density at radius 1 is 1.12 bits per heavy atom. The van der Waals surface area contributed by atoms with Gasteiger partial charge in [0.1, 0.15) is 12.4 Å². The summed E-state index contributed by atoms with van der Waals surface area (Å²) >= 11 is 1.68. The number of nitrogens with zero attached hydrogens (tertiary/aromatic N) is 2. The van der Waals surface area contributed by atoms with Crippen LogP contribution in [0.3, 0.4) is 0 Å². The second kappa shape index (κ2) is 8.14. The average molecular weight is 467 g/mol. The molecule has 1 amide bonds. The Morgan fingerprint density at radius 2 is 1.91 bits per heavy atom. The molecule has 0 bridgehead atoms. The lowest BCUT2D eigenvalue weighted by atomic mass is 10.1. The van der Waals surface area contributed by atoms with E-state index >= 15 is 0 Å². The van der Waals surface area contributed by atoms with E-state index in [1.807, 2.05) is 48.7 Å². The van der Waals surface area contributed by atoms with Gasteiger partial charge in [-0.25, -0.2) is 13.4 Å². The van der Waals surface area contributed by atoms with Gasteiger partial charge in [-0.3, -0.25) is 9.10 Å². The van der Waals surface area contributed by atoms with Crippen LogP contribution in [0.4, 0.5) is 5.69 Å². The number of anilines is 1. The van der Waals surface area contributed by atoms with Crippen molar-refractivity contribution in [2.75, 3.05) is 22.9 Å². The summed E-state index contributed by atoms with van der Waals surface area (Å²) in [5, 5.41) is 4.51. The molecule has 2 N–H and O–H groups in total. The number of hydrogen-bond donors (Lipinski definition) is 2. The zero-order valence-corrected chi connectivity index (χ0v) is 19.0. The second-order valence-electron chi connectivity index (χ2n) is 7.68. The number of hydrogen-bond acceptors (Lipinski definition) is 5. The minimum atomic E-state index is -3.79. The molecule has 4 aromatic rings. The summed E-state index contributed by atoms with van der Waals surface area (Å²) in [4.78, 5) is 21.2. The van der Waals surface area contributed by atoms with Crippen molar-refractivity contribution in [1.82, 2.24) is 15.3 Å². The summed E-state index contributed by atoms with van der Waals surface area (Å²) in [5.41, 5.74) is 2.27. The highest BCUT2D eigenvalue weighted by atomic mass is 32.2. The van der Waals surface area contributed by atoms with Crippen LogP contribution in [-0.4, -0.2) is 42.8 Å². The summed E-state index contributed by atoms with van der Waals surface area (Å²) in [6, 6.07) is 18.0. The van der Waals surface area contributed by atoms with Crippen LogP contribution in [0.15, 0.2) is 65.6 Å². The largest absolute Gasteiger partial charge is 0.345 e. The fraction of sp³-hybridized carbons (Fsp3) is 0.217. The number of aromatic nitrogens is 2. The molecule has 2 heterocycles. The van der Waals surface area contributed by atoms with Crippen molar-refractivity contribution in [3.05, 3.63) is 66.5 Å². The number of fused-ring (bicyclic) bond motifs is 1. The van der Waals surface area contributed by atoms with E-state index in [0.717, 1.165) is 22.2 Å². The van der Waals surface area contributed by atoms with Crippen LogP contribution >= 0.6 is 11.8 Å². The molecule has 0 fully saturated rings. The third-order valence-corrected chi connectivity index (χ3v) is 8.10. The first-order valence-electron chi connectivity index (χ1n) is 10.3. The number of sulfonamides is 1. The van der Waals surface area contributed by atoms with E-state index < -0.39 is 10.0 Å². The molecule has 7 nitrogen and oxygen atoms in total. The van der Waals surface area contributed by atoms with Gasteiger partial charge < -0.3 is 10.3 Å². The third-order valence-electron chi connectivity index (χ3n) is 5.65. The first-order chi connectivity index (χ1) is 15.5. The highest BCUT2D eigenvalue weighted by Crippen LogP contribution is 2.41. The fourth-order valence-corrected chi connectivity index (χ4v) is 6.29. The van der Waals surface area contributed by atoms with Gasteiger partial charge in [-0.1, -0.05) is 36.4 Å². The SMILES string of the molecule is CSCCC(NC(=O)CN1c2cccc3cccc(c23)S1(=O)=O)c1nc2ccccc2[nH]1. The summed E-state index contributed by atoms with van der Waals surface area (Å²) < 4.78 is 27.5. The molecule has 1 aliphatic heterocycles. The molecule has 1 unspecified atom stereocenters. The van der Waals surface area contributed by atoms with Crippen LogP contribution in [0.25, 0.3) is 21.8 Å². The predicted molar refractivity (Wildman–Crippen MR) is 128 cm³/mol. The summed E-state index contributed by atoms with van der Waals surface area (Å²) in [6.45, 7) is -0.286. The maximum Gasteiger partial charge on any atom is 0.265 e. The number of thioether (sulfide) groups is 1. The second-order valence-corrected chi connectivity index (χ2v) is 10.5. The summed E-state index contributed by atoms with van der Waals surface area (Å²) in [7, 11) is -3.79. The van der Waals surface area contributed by atoms with Crippen molar-refractivity contribution in [2.24, 2.45) is 0 Å². The van der Waals surface area contributed by atoms with Gasteiger partial charge in [0, 0.05) is 5.39 Å². The van der Waals surface area contributed by atoms with Crippen LogP contribution in [-0.2, 0) is 14.8 Å². The quantitative estimate of drug-likeness (QED) is 0.432. The van der Waals surface area contributed by atoms with Crippen molar-refractivity contribution >= 4 is 55.2 Å². The Bertz CT molecular complexity index is 1390. The fourth-order valence-electron chi connectivity index (χ4n) is 4.15. The number of amides is 1. The molecule has 3 aromatic carbocycles. The Morgan fingerprint density at radius 3 is 2.69 bits per heavy atom. The van der Waals surface area contributed by atoms with E-state index in [-0.39, 0.29) is 23.4 Å². The molecule has 0 saturated carbocycles. The Kier molecular flexibility index (Phi) is 5.30. The lowest BCUT2D eigenvalue weighted by Gasteiger charge is -2.21. The highest BCUT2D eigenvalue weighted by molar-refractivity contribution is 7.98. The van der Waals surface area contributed by atoms with Gasteiger partial charge >= 0.3 is 0 Å². The van der Waals surface area contributed by atoms with Crippen molar-refractivity contribution in [3.63, 3.8) is 0 Å². The first kappa shape index (κ1) is 20.8. The van der Waals surface area contributed by atoms with E-state index in [1.165, 1.54) is 4.31 Å². The number of benzene rings is 3. The molecule has 0 spiro atoms. The van der Waals surface area contributed by atoms with Crippen LogP contribution in [0.2, 0.25) is 0 Å². The molecule has 1 atom stereocenters. The molecule has 1 aromatic heterocycles. The number of H-pyrrole nitrogens is 1. The summed E-state index contributed by atoms with van der Waals surface area (Å²) in [5.74, 6) is 1.13. The monoisotopic (exact) mass is 466 g/mol. The molecule has 0 aliphatic carbocycles. The van der Waals surface area contributed by atoms with Gasteiger partial charge in [0.05, 0.1) is 27.7 Å². The predicted octanol–water partition coefficient (Wildman–Crippen LogP) is 3.84. The zero-order valence-electron chi connectivity index (χ0n) is 17.4. The first-order valence-corrected chi connectivity index (χ1v) is 13.1. The molecular weight excluding hydrogens is 444 g/mol.